The third-order valence-electron chi connectivity index (χ3n) is 4.75. The summed E-state index contributed by atoms with van der Waals surface area (Å²) >= 11 is 6.10. The highest BCUT2D eigenvalue weighted by atomic mass is 35.5. The van der Waals surface area contributed by atoms with E-state index in [1.165, 1.54) is 12.1 Å². The second-order valence-electron chi connectivity index (χ2n) is 6.70. The molecule has 0 atom stereocenters. The van der Waals surface area contributed by atoms with Crippen LogP contribution in [0, 0.1) is 12.7 Å². The highest BCUT2D eigenvalue weighted by Crippen LogP contribution is 2.28. The maximum Gasteiger partial charge on any atom is 0.272 e. The Bertz CT molecular complexity index is 1190. The maximum absolute atomic E-state index is 13.3. The van der Waals surface area contributed by atoms with E-state index in [0.29, 0.717) is 22.9 Å². The number of carbonyl (C=O) groups excluding carboxylic acids is 1. The first-order valence-corrected chi connectivity index (χ1v) is 9.13. The van der Waals surface area contributed by atoms with Gasteiger partial charge in [0.15, 0.2) is 0 Å². The molecular weight excluding hydrogens is 379 g/mol. The molecule has 7 heteroatoms. The molecule has 2 heterocycles. The maximum atomic E-state index is 13.3. The Balaban J connectivity index is 1.56. The number of carbonyl (C=O) groups is 1. The number of rotatable bonds is 4. The van der Waals surface area contributed by atoms with Crippen LogP contribution in [-0.4, -0.2) is 20.3 Å². The summed E-state index contributed by atoms with van der Waals surface area (Å²) < 4.78 is 16.8. The van der Waals surface area contributed by atoms with Crippen LogP contribution in [0.4, 0.5) is 10.1 Å². The SMILES string of the molecule is Cc1c(C(=O)Nc2cnn(Cc3cccc(F)c3)c2)n(C)c2ccc(Cl)cc12. The van der Waals surface area contributed by atoms with Crippen LogP contribution in [0.15, 0.2) is 54.9 Å². The van der Waals surface area contributed by atoms with Crippen molar-refractivity contribution >= 4 is 34.1 Å². The first-order chi connectivity index (χ1) is 13.4. The highest BCUT2D eigenvalue weighted by molar-refractivity contribution is 6.31. The van der Waals surface area contributed by atoms with E-state index < -0.39 is 0 Å². The normalized spacial score (nSPS) is 11.1. The molecule has 0 spiro atoms. The van der Waals surface area contributed by atoms with Gasteiger partial charge in [0, 0.05) is 29.2 Å². The van der Waals surface area contributed by atoms with E-state index in [2.05, 4.69) is 10.4 Å². The average molecular weight is 397 g/mol. The minimum absolute atomic E-state index is 0.224. The lowest BCUT2D eigenvalue weighted by Crippen LogP contribution is -2.16. The van der Waals surface area contributed by atoms with E-state index in [1.54, 1.807) is 23.1 Å². The van der Waals surface area contributed by atoms with Gasteiger partial charge in [0.2, 0.25) is 0 Å². The number of amides is 1. The van der Waals surface area contributed by atoms with Crippen molar-refractivity contribution in [2.24, 2.45) is 7.05 Å². The van der Waals surface area contributed by atoms with Crippen molar-refractivity contribution in [3.05, 3.63) is 82.5 Å². The predicted octanol–water partition coefficient (Wildman–Crippen LogP) is 4.78. The molecule has 0 bridgehead atoms. The summed E-state index contributed by atoms with van der Waals surface area (Å²) in [6.45, 7) is 2.32. The van der Waals surface area contributed by atoms with Crippen molar-refractivity contribution in [2.45, 2.75) is 13.5 Å². The quantitative estimate of drug-likeness (QED) is 0.540. The van der Waals surface area contributed by atoms with E-state index in [-0.39, 0.29) is 11.7 Å². The smallest absolute Gasteiger partial charge is 0.272 e. The second-order valence-corrected chi connectivity index (χ2v) is 7.14. The zero-order valence-electron chi connectivity index (χ0n) is 15.4. The van der Waals surface area contributed by atoms with Gasteiger partial charge in [-0.2, -0.15) is 5.10 Å². The summed E-state index contributed by atoms with van der Waals surface area (Å²) in [7, 11) is 1.85. The van der Waals surface area contributed by atoms with Crippen molar-refractivity contribution in [3.8, 4) is 0 Å². The van der Waals surface area contributed by atoms with Gasteiger partial charge in [-0.15, -0.1) is 0 Å². The molecule has 0 fully saturated rings. The minimum Gasteiger partial charge on any atom is -0.339 e. The van der Waals surface area contributed by atoms with E-state index in [0.717, 1.165) is 22.0 Å². The monoisotopic (exact) mass is 396 g/mol. The number of aromatic nitrogens is 3. The van der Waals surface area contributed by atoms with E-state index in [9.17, 15) is 9.18 Å². The van der Waals surface area contributed by atoms with Gasteiger partial charge in [-0.25, -0.2) is 4.39 Å². The summed E-state index contributed by atoms with van der Waals surface area (Å²) in [5.74, 6) is -0.512. The molecule has 28 heavy (non-hydrogen) atoms. The summed E-state index contributed by atoms with van der Waals surface area (Å²) in [5.41, 5.74) is 3.74. The Morgan fingerprint density at radius 2 is 2.07 bits per heavy atom. The van der Waals surface area contributed by atoms with Crippen LogP contribution in [0.25, 0.3) is 10.9 Å². The summed E-state index contributed by atoms with van der Waals surface area (Å²) in [6.07, 6.45) is 3.30. The van der Waals surface area contributed by atoms with Crippen LogP contribution in [-0.2, 0) is 13.6 Å². The Morgan fingerprint density at radius 1 is 1.25 bits per heavy atom. The van der Waals surface area contributed by atoms with Gasteiger partial charge in [0.25, 0.3) is 5.91 Å². The molecule has 0 radical (unpaired) electrons. The fraction of sp³-hybridized carbons (Fsp3) is 0.143. The minimum atomic E-state index is -0.287. The predicted molar refractivity (Wildman–Crippen MR) is 108 cm³/mol. The molecule has 5 nitrogen and oxygen atoms in total. The summed E-state index contributed by atoms with van der Waals surface area (Å²) in [5, 5.41) is 8.70. The zero-order valence-corrected chi connectivity index (χ0v) is 16.2. The van der Waals surface area contributed by atoms with E-state index in [4.69, 9.17) is 11.6 Å². The fourth-order valence-electron chi connectivity index (χ4n) is 3.45. The Labute approximate surface area is 166 Å². The van der Waals surface area contributed by atoms with Crippen molar-refractivity contribution in [3.63, 3.8) is 0 Å². The number of anilines is 1. The summed E-state index contributed by atoms with van der Waals surface area (Å²) in [4.78, 5) is 12.9. The Hall–Kier alpha value is -3.12. The van der Waals surface area contributed by atoms with E-state index in [1.807, 2.05) is 42.8 Å². The number of hydrogen-bond acceptors (Lipinski definition) is 2. The molecule has 0 aliphatic rings. The lowest BCUT2D eigenvalue weighted by molar-refractivity contribution is 0.101. The molecule has 0 saturated carbocycles. The molecule has 4 rings (SSSR count). The van der Waals surface area contributed by atoms with Gasteiger partial charge in [-0.3, -0.25) is 9.48 Å². The fourth-order valence-corrected chi connectivity index (χ4v) is 3.62. The molecule has 1 amide bonds. The van der Waals surface area contributed by atoms with Crippen LogP contribution in [0.5, 0.6) is 0 Å². The zero-order chi connectivity index (χ0) is 19.8. The standard InChI is InChI=1S/C21H18ClFN4O/c1-13-18-9-15(22)6-7-19(18)26(2)20(13)21(28)25-17-10-24-27(12-17)11-14-4-3-5-16(23)8-14/h3-10,12H,11H2,1-2H3,(H,25,28). The molecule has 2 aromatic heterocycles. The van der Waals surface area contributed by atoms with Crippen LogP contribution < -0.4 is 5.32 Å². The van der Waals surface area contributed by atoms with Gasteiger partial charge >= 0.3 is 0 Å². The van der Waals surface area contributed by atoms with Crippen molar-refractivity contribution in [2.75, 3.05) is 5.32 Å². The molecule has 0 saturated heterocycles. The lowest BCUT2D eigenvalue weighted by atomic mass is 10.1. The number of halogens is 2. The van der Waals surface area contributed by atoms with Gasteiger partial charge in [0.1, 0.15) is 11.5 Å². The highest BCUT2D eigenvalue weighted by Gasteiger charge is 2.19. The number of aryl methyl sites for hydroxylation is 2. The number of nitrogens with one attached hydrogen (secondary N) is 1. The average Bonchev–Trinajstić information content (AvgIpc) is 3.17. The van der Waals surface area contributed by atoms with Crippen LogP contribution in [0.2, 0.25) is 5.02 Å². The molecule has 4 aromatic rings. The first kappa shape index (κ1) is 18.3. The first-order valence-electron chi connectivity index (χ1n) is 8.75. The summed E-state index contributed by atoms with van der Waals surface area (Å²) in [6, 6.07) is 11.9. The van der Waals surface area contributed by atoms with Crippen molar-refractivity contribution in [1.82, 2.24) is 14.3 Å². The third kappa shape index (κ3) is 3.39. The molecule has 0 aliphatic carbocycles. The molecule has 0 unspecified atom stereocenters. The molecule has 1 N–H and O–H groups in total. The topological polar surface area (TPSA) is 51.9 Å². The van der Waals surface area contributed by atoms with Crippen LogP contribution in [0.3, 0.4) is 0 Å². The van der Waals surface area contributed by atoms with Gasteiger partial charge in [-0.1, -0.05) is 23.7 Å². The van der Waals surface area contributed by atoms with Crippen LogP contribution >= 0.6 is 11.6 Å². The van der Waals surface area contributed by atoms with Crippen molar-refractivity contribution in [1.29, 1.82) is 0 Å². The van der Waals surface area contributed by atoms with Gasteiger partial charge in [0.05, 0.1) is 18.4 Å². The second kappa shape index (κ2) is 7.13. The third-order valence-corrected chi connectivity index (χ3v) is 4.99. The number of hydrogen-bond donors (Lipinski definition) is 1. The lowest BCUT2D eigenvalue weighted by Gasteiger charge is -2.06. The Kier molecular flexibility index (Phi) is 4.65. The number of nitrogens with zero attached hydrogens (tertiary/aromatic N) is 3. The molecule has 142 valence electrons. The van der Waals surface area contributed by atoms with Gasteiger partial charge in [-0.05, 0) is 48.4 Å². The van der Waals surface area contributed by atoms with Gasteiger partial charge < -0.3 is 9.88 Å². The largest absolute Gasteiger partial charge is 0.339 e. The molecule has 0 aliphatic heterocycles. The number of fused-ring (bicyclic) bond motifs is 1. The van der Waals surface area contributed by atoms with Crippen LogP contribution in [0.1, 0.15) is 21.6 Å². The Morgan fingerprint density at radius 3 is 2.86 bits per heavy atom. The van der Waals surface area contributed by atoms with E-state index >= 15 is 0 Å². The van der Waals surface area contributed by atoms with Crippen molar-refractivity contribution < 1.29 is 9.18 Å². The molecule has 2 aromatic carbocycles. The number of benzene rings is 2. The molecular formula is C21H18ClFN4O.